The number of hydrogen-bond donors (Lipinski definition) is 1. The molecule has 2 rings (SSSR count). The smallest absolute Gasteiger partial charge is 0.315 e. The normalized spacial score (nSPS) is 16.6. The van der Waals surface area contributed by atoms with E-state index >= 15 is 0 Å². The third-order valence-corrected chi connectivity index (χ3v) is 5.12. The Balaban J connectivity index is 2.24. The molecule has 0 amide bonds. The molecule has 1 aliphatic carbocycles. The summed E-state index contributed by atoms with van der Waals surface area (Å²) in [4.78, 5) is 18.5. The van der Waals surface area contributed by atoms with Crippen LogP contribution in [0.5, 0.6) is 0 Å². The fourth-order valence-corrected chi connectivity index (χ4v) is 3.86. The molecule has 5 heteroatoms. The van der Waals surface area contributed by atoms with Gasteiger partial charge in [-0.1, -0.05) is 26.7 Å². The van der Waals surface area contributed by atoms with Gasteiger partial charge in [-0.15, -0.1) is 11.3 Å². The number of thiazole rings is 1. The molecule has 1 aliphatic rings. The van der Waals surface area contributed by atoms with E-state index in [9.17, 15) is 9.90 Å². The lowest BCUT2D eigenvalue weighted by Gasteiger charge is -2.30. The summed E-state index contributed by atoms with van der Waals surface area (Å²) in [5, 5.41) is 12.2. The van der Waals surface area contributed by atoms with Crippen LogP contribution in [-0.2, 0) is 10.2 Å². The number of nitrogens with zero attached hydrogens (tertiary/aromatic N) is 2. The second-order valence-corrected chi connectivity index (χ2v) is 7.77. The molecule has 0 atom stereocenters. The van der Waals surface area contributed by atoms with Gasteiger partial charge >= 0.3 is 5.97 Å². The number of rotatable bonds is 6. The number of hydrogen-bond acceptors (Lipinski definition) is 4. The van der Waals surface area contributed by atoms with Gasteiger partial charge in [0.25, 0.3) is 0 Å². The Labute approximate surface area is 131 Å². The van der Waals surface area contributed by atoms with Crippen molar-refractivity contribution in [2.45, 2.75) is 64.8 Å². The third kappa shape index (κ3) is 3.57. The van der Waals surface area contributed by atoms with E-state index < -0.39 is 11.4 Å². The van der Waals surface area contributed by atoms with Crippen molar-refractivity contribution in [2.75, 3.05) is 11.4 Å². The first kappa shape index (κ1) is 16.3. The molecule has 0 unspecified atom stereocenters. The standard InChI is InChI=1S/C16H26N2O2S/c1-11(2)9-18(12-7-5-6-8-12)15-17-13(10-21-15)16(3,4)14(19)20/h10-12H,5-9H2,1-4H3,(H,19,20). The highest BCUT2D eigenvalue weighted by Gasteiger charge is 2.33. The van der Waals surface area contributed by atoms with Crippen LogP contribution in [0.25, 0.3) is 0 Å². The van der Waals surface area contributed by atoms with Crippen molar-refractivity contribution in [3.8, 4) is 0 Å². The summed E-state index contributed by atoms with van der Waals surface area (Å²) in [5.41, 5.74) is -0.254. The first-order chi connectivity index (χ1) is 9.82. The highest BCUT2D eigenvalue weighted by atomic mass is 32.1. The largest absolute Gasteiger partial charge is 0.481 e. The van der Waals surface area contributed by atoms with Crippen LogP contribution in [0.2, 0.25) is 0 Å². The second-order valence-electron chi connectivity index (χ2n) is 6.93. The van der Waals surface area contributed by atoms with Gasteiger partial charge in [0.2, 0.25) is 0 Å². The molecule has 1 fully saturated rings. The van der Waals surface area contributed by atoms with Gasteiger partial charge in [-0.25, -0.2) is 4.98 Å². The van der Waals surface area contributed by atoms with Gasteiger partial charge in [0.05, 0.1) is 5.69 Å². The Morgan fingerprint density at radius 2 is 2.10 bits per heavy atom. The van der Waals surface area contributed by atoms with Crippen LogP contribution < -0.4 is 4.90 Å². The molecule has 0 bridgehead atoms. The van der Waals surface area contributed by atoms with Crippen molar-refractivity contribution in [2.24, 2.45) is 5.92 Å². The summed E-state index contributed by atoms with van der Waals surface area (Å²) < 4.78 is 0. The van der Waals surface area contributed by atoms with Crippen LogP contribution in [0.15, 0.2) is 5.38 Å². The Morgan fingerprint density at radius 3 is 2.62 bits per heavy atom. The number of anilines is 1. The fourth-order valence-electron chi connectivity index (χ4n) is 2.79. The summed E-state index contributed by atoms with van der Waals surface area (Å²) in [6, 6.07) is 0.569. The Kier molecular flexibility index (Phi) is 4.91. The van der Waals surface area contributed by atoms with Crippen LogP contribution in [0.3, 0.4) is 0 Å². The maximum absolute atomic E-state index is 11.4. The number of aromatic nitrogens is 1. The Bertz CT molecular complexity index is 490. The number of carboxylic acids is 1. The maximum atomic E-state index is 11.4. The van der Waals surface area contributed by atoms with Crippen molar-refractivity contribution < 1.29 is 9.90 Å². The van der Waals surface area contributed by atoms with Gasteiger partial charge in [-0.3, -0.25) is 4.79 Å². The molecule has 0 radical (unpaired) electrons. The number of aliphatic carboxylic acids is 1. The zero-order valence-electron chi connectivity index (χ0n) is 13.4. The van der Waals surface area contributed by atoms with Crippen molar-refractivity contribution in [3.05, 3.63) is 11.1 Å². The van der Waals surface area contributed by atoms with Gasteiger partial charge in [0.1, 0.15) is 5.41 Å². The quantitative estimate of drug-likeness (QED) is 0.865. The van der Waals surface area contributed by atoms with E-state index in [0.29, 0.717) is 17.7 Å². The molecule has 4 nitrogen and oxygen atoms in total. The van der Waals surface area contributed by atoms with E-state index in [4.69, 9.17) is 0 Å². The summed E-state index contributed by atoms with van der Waals surface area (Å²) in [6.45, 7) is 8.87. The Hall–Kier alpha value is -1.10. The summed E-state index contributed by atoms with van der Waals surface area (Å²) in [6.07, 6.45) is 5.03. The average Bonchev–Trinajstić information content (AvgIpc) is 3.07. The molecule has 1 heterocycles. The minimum Gasteiger partial charge on any atom is -0.481 e. The SMILES string of the molecule is CC(C)CN(c1nc(C(C)(C)C(=O)O)cs1)C1CCCC1. The lowest BCUT2D eigenvalue weighted by atomic mass is 9.90. The van der Waals surface area contributed by atoms with E-state index in [2.05, 4.69) is 23.7 Å². The van der Waals surface area contributed by atoms with E-state index in [1.54, 1.807) is 25.2 Å². The summed E-state index contributed by atoms with van der Waals surface area (Å²) >= 11 is 1.58. The van der Waals surface area contributed by atoms with Crippen LogP contribution in [0.1, 0.15) is 59.1 Å². The molecule has 0 aromatic carbocycles. The van der Waals surface area contributed by atoms with Crippen LogP contribution >= 0.6 is 11.3 Å². The van der Waals surface area contributed by atoms with Gasteiger partial charge in [-0.2, -0.15) is 0 Å². The fraction of sp³-hybridized carbons (Fsp3) is 0.750. The van der Waals surface area contributed by atoms with Crippen molar-refractivity contribution in [3.63, 3.8) is 0 Å². The lowest BCUT2D eigenvalue weighted by Crippen LogP contribution is -2.36. The van der Waals surface area contributed by atoms with Gasteiger partial charge in [-0.05, 0) is 32.6 Å². The molecule has 1 aromatic heterocycles. The maximum Gasteiger partial charge on any atom is 0.315 e. The minimum absolute atomic E-state index is 0.569. The molecule has 1 saturated carbocycles. The molecule has 1 N–H and O–H groups in total. The highest BCUT2D eigenvalue weighted by molar-refractivity contribution is 7.13. The van der Waals surface area contributed by atoms with Crippen molar-refractivity contribution in [1.29, 1.82) is 0 Å². The predicted octanol–water partition coefficient (Wildman–Crippen LogP) is 3.91. The van der Waals surface area contributed by atoms with E-state index in [0.717, 1.165) is 11.7 Å². The first-order valence-corrected chi connectivity index (χ1v) is 8.66. The third-order valence-electron chi connectivity index (χ3n) is 4.24. The van der Waals surface area contributed by atoms with Crippen LogP contribution in [0.4, 0.5) is 5.13 Å². The Morgan fingerprint density at radius 1 is 1.48 bits per heavy atom. The van der Waals surface area contributed by atoms with Gasteiger partial charge in [0.15, 0.2) is 5.13 Å². The molecule has 1 aromatic rings. The van der Waals surface area contributed by atoms with E-state index in [1.165, 1.54) is 25.7 Å². The van der Waals surface area contributed by atoms with Crippen molar-refractivity contribution >= 4 is 22.4 Å². The summed E-state index contributed by atoms with van der Waals surface area (Å²) in [5.74, 6) is -0.249. The highest BCUT2D eigenvalue weighted by Crippen LogP contribution is 2.34. The molecule has 21 heavy (non-hydrogen) atoms. The molecular formula is C16H26N2O2S. The van der Waals surface area contributed by atoms with Crippen LogP contribution in [0, 0.1) is 5.92 Å². The average molecular weight is 310 g/mol. The zero-order valence-corrected chi connectivity index (χ0v) is 14.2. The topological polar surface area (TPSA) is 53.4 Å². The number of carbonyl (C=O) groups is 1. The monoisotopic (exact) mass is 310 g/mol. The van der Waals surface area contributed by atoms with Gasteiger partial charge in [0, 0.05) is 18.0 Å². The molecular weight excluding hydrogens is 284 g/mol. The zero-order chi connectivity index (χ0) is 15.6. The summed E-state index contributed by atoms with van der Waals surface area (Å²) in [7, 11) is 0. The molecule has 0 aliphatic heterocycles. The predicted molar refractivity (Wildman–Crippen MR) is 87.2 cm³/mol. The first-order valence-electron chi connectivity index (χ1n) is 7.78. The van der Waals surface area contributed by atoms with Crippen molar-refractivity contribution in [1.82, 2.24) is 4.98 Å². The van der Waals surface area contributed by atoms with E-state index in [-0.39, 0.29) is 0 Å². The van der Waals surface area contributed by atoms with E-state index in [1.807, 2.05) is 5.38 Å². The minimum atomic E-state index is -0.923. The second kappa shape index (κ2) is 6.34. The lowest BCUT2D eigenvalue weighted by molar-refractivity contribution is -0.142. The number of carboxylic acid groups (broad SMARTS) is 1. The molecule has 118 valence electrons. The molecule has 0 saturated heterocycles. The molecule has 0 spiro atoms. The van der Waals surface area contributed by atoms with Crippen LogP contribution in [-0.4, -0.2) is 28.6 Å². The van der Waals surface area contributed by atoms with Gasteiger partial charge < -0.3 is 10.0 Å².